The van der Waals surface area contributed by atoms with Gasteiger partial charge in [-0.15, -0.1) is 11.3 Å². The highest BCUT2D eigenvalue weighted by atomic mass is 32.1. The van der Waals surface area contributed by atoms with Gasteiger partial charge >= 0.3 is 0 Å². The molecule has 0 spiro atoms. The number of allylic oxidation sites excluding steroid dienone is 1. The lowest BCUT2D eigenvalue weighted by molar-refractivity contribution is 0.358. The van der Waals surface area contributed by atoms with Crippen LogP contribution < -0.4 is 10.1 Å². The summed E-state index contributed by atoms with van der Waals surface area (Å²) in [6.07, 6.45) is 8.43. The maximum absolute atomic E-state index is 5.63. The van der Waals surface area contributed by atoms with Gasteiger partial charge in [-0.05, 0) is 83.4 Å². The number of aliphatic imine (C=N–C) groups is 1. The number of ether oxygens (including phenoxy) is 1. The summed E-state index contributed by atoms with van der Waals surface area (Å²) < 4.78 is 9.37. The number of rotatable bonds is 6. The summed E-state index contributed by atoms with van der Waals surface area (Å²) in [5, 5.41) is 4.61. The molecule has 1 saturated carbocycles. The second-order valence-corrected chi connectivity index (χ2v) is 11.9. The van der Waals surface area contributed by atoms with Gasteiger partial charge in [0, 0.05) is 17.2 Å². The number of methoxy groups -OCH3 is 1. The van der Waals surface area contributed by atoms with Gasteiger partial charge in [-0.3, -0.25) is 0 Å². The molecule has 0 saturated heterocycles. The van der Waals surface area contributed by atoms with Gasteiger partial charge < -0.3 is 14.6 Å². The van der Waals surface area contributed by atoms with Crippen molar-refractivity contribution in [2.45, 2.75) is 72.8 Å². The number of hydrogen-bond donors (Lipinski definition) is 1. The van der Waals surface area contributed by atoms with E-state index in [-0.39, 0.29) is 0 Å². The molecule has 0 atom stereocenters. The molecule has 5 nitrogen and oxygen atoms in total. The molecular weight excluding hydrogens is 488 g/mol. The van der Waals surface area contributed by atoms with Crippen LogP contribution in [0.15, 0.2) is 53.0 Å². The minimum atomic E-state index is 0.423. The number of hydrogen-bond acceptors (Lipinski definition) is 4. The summed E-state index contributed by atoms with van der Waals surface area (Å²) in [5.41, 5.74) is 7.97. The Kier molecular flexibility index (Phi) is 7.70. The van der Waals surface area contributed by atoms with E-state index in [1.165, 1.54) is 53.6 Å². The minimum absolute atomic E-state index is 0.423. The van der Waals surface area contributed by atoms with E-state index in [4.69, 9.17) is 14.7 Å². The van der Waals surface area contributed by atoms with Gasteiger partial charge in [0.25, 0.3) is 0 Å². The minimum Gasteiger partial charge on any atom is -0.495 e. The van der Waals surface area contributed by atoms with E-state index in [1.54, 1.807) is 18.4 Å². The van der Waals surface area contributed by atoms with Crippen LogP contribution in [0.2, 0.25) is 0 Å². The second kappa shape index (κ2) is 11.2. The molecule has 0 amide bonds. The average Bonchev–Trinajstić information content (AvgIpc) is 3.43. The Morgan fingerprint density at radius 2 is 1.84 bits per heavy atom. The topological polar surface area (TPSA) is 51.4 Å². The fraction of sp³-hybridized carbons (Fsp3) is 0.375. The number of nitrogens with zero attached hydrogens (tertiary/aromatic N) is 3. The summed E-state index contributed by atoms with van der Waals surface area (Å²) in [5.74, 6) is 2.67. The zero-order valence-electron chi connectivity index (χ0n) is 23.4. The molecule has 198 valence electrons. The number of benzene rings is 2. The lowest BCUT2D eigenvalue weighted by Gasteiger charge is -2.27. The highest BCUT2D eigenvalue weighted by Crippen LogP contribution is 2.42. The number of aryl methyl sites for hydroxylation is 2. The molecule has 0 bridgehead atoms. The fourth-order valence-corrected chi connectivity index (χ4v) is 6.29. The molecular formula is C32H38N4OS. The molecule has 6 heteroatoms. The number of nitrogens with one attached hydrogen (secondary N) is 1. The van der Waals surface area contributed by atoms with Gasteiger partial charge in [0.2, 0.25) is 0 Å². The second-order valence-electron chi connectivity index (χ2n) is 10.6. The van der Waals surface area contributed by atoms with Crippen LogP contribution in [0.25, 0.3) is 27.6 Å². The number of amidine groups is 1. The number of aromatic nitrogens is 2. The smallest absolute Gasteiger partial charge is 0.142 e. The van der Waals surface area contributed by atoms with E-state index in [2.05, 4.69) is 80.1 Å². The average molecular weight is 527 g/mol. The van der Waals surface area contributed by atoms with Gasteiger partial charge in [0.1, 0.15) is 17.4 Å². The van der Waals surface area contributed by atoms with Crippen molar-refractivity contribution in [3.05, 3.63) is 64.2 Å². The Hall–Kier alpha value is -3.38. The standard InChI is InChI=1S/C32H38N4OS/c1-20(2)16-25-19-29(24-13-15-31-28(18-24)35-23(5)38-31)36(26-10-8-7-9-11-26)32(25)34-22(4)33-27-14-12-21(3)17-30(27)37-6/h12-19,26H,7-11H2,1-6H3,(H,33,34). The van der Waals surface area contributed by atoms with Crippen LogP contribution in [-0.4, -0.2) is 22.5 Å². The summed E-state index contributed by atoms with van der Waals surface area (Å²) in [6.45, 7) is 10.5. The third-order valence-corrected chi connectivity index (χ3v) is 8.11. The largest absolute Gasteiger partial charge is 0.495 e. The normalized spacial score (nSPS) is 14.6. The Morgan fingerprint density at radius 3 is 2.58 bits per heavy atom. The van der Waals surface area contributed by atoms with Gasteiger partial charge in [-0.25, -0.2) is 9.98 Å². The molecule has 38 heavy (non-hydrogen) atoms. The molecule has 0 aliphatic heterocycles. The van der Waals surface area contributed by atoms with Crippen molar-refractivity contribution in [1.82, 2.24) is 9.55 Å². The fourth-order valence-electron chi connectivity index (χ4n) is 5.49. The van der Waals surface area contributed by atoms with Crippen molar-refractivity contribution >= 4 is 45.0 Å². The monoisotopic (exact) mass is 526 g/mol. The summed E-state index contributed by atoms with van der Waals surface area (Å²) >= 11 is 1.75. The van der Waals surface area contributed by atoms with Gasteiger partial charge in [-0.1, -0.05) is 43.0 Å². The number of fused-ring (bicyclic) bond motifs is 1. The molecule has 1 aliphatic carbocycles. The Morgan fingerprint density at radius 1 is 1.05 bits per heavy atom. The third kappa shape index (κ3) is 5.56. The van der Waals surface area contributed by atoms with Crippen molar-refractivity contribution in [3.8, 4) is 17.0 Å². The third-order valence-electron chi connectivity index (χ3n) is 7.16. The quantitative estimate of drug-likeness (QED) is 0.201. The number of anilines is 1. The Balaban J connectivity index is 1.66. The first-order valence-corrected chi connectivity index (χ1v) is 14.4. The highest BCUT2D eigenvalue weighted by Gasteiger charge is 2.24. The predicted octanol–water partition coefficient (Wildman–Crippen LogP) is 9.48. The van der Waals surface area contributed by atoms with Gasteiger partial charge in [0.05, 0.1) is 33.7 Å². The maximum atomic E-state index is 5.63. The molecule has 0 radical (unpaired) electrons. The van der Waals surface area contributed by atoms with E-state index in [0.717, 1.165) is 44.7 Å². The van der Waals surface area contributed by atoms with Crippen molar-refractivity contribution in [2.75, 3.05) is 12.4 Å². The zero-order valence-corrected chi connectivity index (χ0v) is 24.2. The van der Waals surface area contributed by atoms with Crippen molar-refractivity contribution in [3.63, 3.8) is 0 Å². The summed E-state index contributed by atoms with van der Waals surface area (Å²) in [4.78, 5) is 10.0. The Bertz CT molecular complexity index is 1510. The van der Waals surface area contributed by atoms with Crippen LogP contribution in [0.1, 0.15) is 75.1 Å². The zero-order chi connectivity index (χ0) is 26.8. The molecule has 1 aliphatic rings. The van der Waals surface area contributed by atoms with Gasteiger partial charge in [0.15, 0.2) is 0 Å². The Labute approximate surface area is 230 Å². The van der Waals surface area contributed by atoms with Crippen LogP contribution in [0.5, 0.6) is 5.75 Å². The van der Waals surface area contributed by atoms with Crippen LogP contribution >= 0.6 is 11.3 Å². The number of thiazole rings is 1. The van der Waals surface area contributed by atoms with E-state index < -0.39 is 0 Å². The first-order chi connectivity index (χ1) is 18.3. The van der Waals surface area contributed by atoms with Crippen molar-refractivity contribution in [2.24, 2.45) is 4.99 Å². The van der Waals surface area contributed by atoms with E-state index in [9.17, 15) is 0 Å². The maximum Gasteiger partial charge on any atom is 0.142 e. The SMILES string of the molecule is COc1cc(C)ccc1N/C(C)=N/c1c(C=C(C)C)cc(-c2ccc3sc(C)nc3c2)n1C1CCCCC1. The predicted molar refractivity (Wildman–Crippen MR) is 163 cm³/mol. The molecule has 1 fully saturated rings. The lowest BCUT2D eigenvalue weighted by Crippen LogP contribution is -2.15. The molecule has 2 heterocycles. The van der Waals surface area contributed by atoms with Gasteiger partial charge in [-0.2, -0.15) is 0 Å². The highest BCUT2D eigenvalue weighted by molar-refractivity contribution is 7.18. The summed E-state index contributed by atoms with van der Waals surface area (Å²) in [6, 6.07) is 15.6. The molecule has 1 N–H and O–H groups in total. The van der Waals surface area contributed by atoms with E-state index >= 15 is 0 Å². The van der Waals surface area contributed by atoms with Crippen LogP contribution in [0, 0.1) is 13.8 Å². The van der Waals surface area contributed by atoms with Crippen LogP contribution in [-0.2, 0) is 0 Å². The molecule has 4 aromatic rings. The van der Waals surface area contributed by atoms with E-state index in [0.29, 0.717) is 6.04 Å². The van der Waals surface area contributed by atoms with Crippen molar-refractivity contribution < 1.29 is 4.74 Å². The molecule has 2 aromatic heterocycles. The summed E-state index contributed by atoms with van der Waals surface area (Å²) in [7, 11) is 1.71. The molecule has 2 aromatic carbocycles. The van der Waals surface area contributed by atoms with Crippen molar-refractivity contribution in [1.29, 1.82) is 0 Å². The van der Waals surface area contributed by atoms with Crippen LogP contribution in [0.4, 0.5) is 11.5 Å². The molecule has 5 rings (SSSR count). The molecule has 0 unspecified atom stereocenters. The first kappa shape index (κ1) is 26.2. The van der Waals surface area contributed by atoms with E-state index in [1.807, 2.05) is 13.0 Å². The lowest BCUT2D eigenvalue weighted by atomic mass is 9.95. The van der Waals surface area contributed by atoms with Crippen LogP contribution in [0.3, 0.4) is 0 Å². The first-order valence-electron chi connectivity index (χ1n) is 13.6.